The van der Waals surface area contributed by atoms with Crippen molar-refractivity contribution >= 4 is 11.8 Å². The number of hydrogen-bond donors (Lipinski definition) is 2. The number of carbonyl (C=O) groups is 2. The number of ketones is 1. The van der Waals surface area contributed by atoms with Crippen LogP contribution in [0.15, 0.2) is 30.0 Å². The molecule has 36 heavy (non-hydrogen) atoms. The van der Waals surface area contributed by atoms with E-state index in [4.69, 9.17) is 4.74 Å². The van der Waals surface area contributed by atoms with E-state index in [1.807, 2.05) is 20.0 Å². The van der Waals surface area contributed by atoms with Gasteiger partial charge in [0.25, 0.3) is 0 Å². The molecule has 8 atom stereocenters. The van der Waals surface area contributed by atoms with Crippen molar-refractivity contribution in [3.8, 4) is 0 Å². The first-order valence-electron chi connectivity index (χ1n) is 13.5. The molecule has 6 nitrogen and oxygen atoms in total. The van der Waals surface area contributed by atoms with Crippen molar-refractivity contribution in [2.24, 2.45) is 29.1 Å². The number of aromatic nitrogens is 1. The molecule has 1 fully saturated rings. The van der Waals surface area contributed by atoms with Crippen LogP contribution >= 0.6 is 0 Å². The minimum atomic E-state index is -1.20. The van der Waals surface area contributed by atoms with Crippen LogP contribution in [-0.4, -0.2) is 45.3 Å². The first kappa shape index (κ1) is 28.5. The fourth-order valence-electron chi connectivity index (χ4n) is 6.04. The fourth-order valence-corrected chi connectivity index (χ4v) is 6.04. The minimum Gasteiger partial charge on any atom is -0.461 e. The summed E-state index contributed by atoms with van der Waals surface area (Å²) in [7, 11) is 0. The summed E-state index contributed by atoms with van der Waals surface area (Å²) in [6, 6.07) is 4.13. The largest absolute Gasteiger partial charge is 0.461 e. The monoisotopic (exact) mass is 499 g/mol. The summed E-state index contributed by atoms with van der Waals surface area (Å²) in [4.78, 5) is 31.0. The van der Waals surface area contributed by atoms with Crippen molar-refractivity contribution in [2.75, 3.05) is 0 Å². The van der Waals surface area contributed by atoms with Crippen LogP contribution in [0.2, 0.25) is 0 Å². The topological polar surface area (TPSA) is 96.7 Å². The first-order chi connectivity index (χ1) is 16.8. The highest BCUT2D eigenvalue weighted by Crippen LogP contribution is 2.45. The number of rotatable bonds is 1. The highest BCUT2D eigenvalue weighted by molar-refractivity contribution is 5.88. The third-order valence-corrected chi connectivity index (χ3v) is 8.75. The number of aliphatic hydroxyl groups excluding tert-OH is 2. The Morgan fingerprint density at radius 1 is 1.08 bits per heavy atom. The van der Waals surface area contributed by atoms with E-state index in [0.29, 0.717) is 0 Å². The van der Waals surface area contributed by atoms with Gasteiger partial charge >= 0.3 is 5.97 Å². The number of aliphatic hydroxyl groups is 2. The second kappa shape index (κ2) is 11.6. The van der Waals surface area contributed by atoms with E-state index in [9.17, 15) is 19.8 Å². The van der Waals surface area contributed by atoms with E-state index in [1.54, 1.807) is 20.8 Å². The smallest absolute Gasteiger partial charge is 0.308 e. The molecule has 0 saturated heterocycles. The van der Waals surface area contributed by atoms with Gasteiger partial charge in [0.1, 0.15) is 11.9 Å². The van der Waals surface area contributed by atoms with Crippen molar-refractivity contribution in [3.05, 3.63) is 41.2 Å². The number of hydrogen-bond acceptors (Lipinski definition) is 6. The maximum Gasteiger partial charge on any atom is 0.308 e. The average Bonchev–Trinajstić information content (AvgIpc) is 3.11. The Morgan fingerprint density at radius 3 is 2.42 bits per heavy atom. The molecule has 2 unspecified atom stereocenters. The minimum absolute atomic E-state index is 0.0428. The van der Waals surface area contributed by atoms with Gasteiger partial charge in [-0.05, 0) is 57.1 Å². The molecule has 0 radical (unpaired) electrons. The molecule has 2 heterocycles. The van der Waals surface area contributed by atoms with Gasteiger partial charge in [-0.25, -0.2) is 0 Å². The van der Waals surface area contributed by atoms with Gasteiger partial charge in [-0.1, -0.05) is 52.3 Å². The predicted molar refractivity (Wildman–Crippen MR) is 140 cm³/mol. The summed E-state index contributed by atoms with van der Waals surface area (Å²) >= 11 is 0. The first-order valence-corrected chi connectivity index (χ1v) is 13.5. The van der Waals surface area contributed by atoms with Crippen LogP contribution in [0.4, 0.5) is 0 Å². The van der Waals surface area contributed by atoms with Crippen molar-refractivity contribution in [2.45, 2.75) is 105 Å². The zero-order valence-corrected chi connectivity index (χ0v) is 23.0. The Bertz CT molecular complexity index is 953. The summed E-state index contributed by atoms with van der Waals surface area (Å²) in [6.07, 6.45) is 5.00. The lowest BCUT2D eigenvalue weighted by Gasteiger charge is -2.34. The van der Waals surface area contributed by atoms with Gasteiger partial charge < -0.3 is 14.9 Å². The molecule has 2 aliphatic rings. The van der Waals surface area contributed by atoms with Crippen LogP contribution in [0, 0.1) is 36.0 Å². The number of aryl methyl sites for hydroxylation is 1. The molecular formula is C30H45NO5. The van der Waals surface area contributed by atoms with Crippen LogP contribution in [0.5, 0.6) is 0 Å². The third kappa shape index (κ3) is 6.25. The van der Waals surface area contributed by atoms with E-state index in [0.717, 1.165) is 36.9 Å². The van der Waals surface area contributed by atoms with Gasteiger partial charge in [0.2, 0.25) is 0 Å². The predicted octanol–water partition coefficient (Wildman–Crippen LogP) is 5.15. The summed E-state index contributed by atoms with van der Waals surface area (Å²) in [6.45, 7) is 13.2. The lowest BCUT2D eigenvalue weighted by atomic mass is 9.73. The maximum absolute atomic E-state index is 13.3. The highest BCUT2D eigenvalue weighted by Gasteiger charge is 2.45. The number of carbonyl (C=O) groups excluding carboxylic acids is 2. The van der Waals surface area contributed by atoms with E-state index < -0.39 is 29.5 Å². The summed E-state index contributed by atoms with van der Waals surface area (Å²) < 4.78 is 6.04. The molecule has 1 aliphatic heterocycles. The molecule has 3 rings (SSSR count). The maximum atomic E-state index is 13.3. The fraction of sp³-hybridized carbons (Fsp3) is 0.700. The number of esters is 1. The molecule has 1 aromatic heterocycles. The van der Waals surface area contributed by atoms with E-state index >= 15 is 0 Å². The van der Waals surface area contributed by atoms with Crippen molar-refractivity contribution in [1.29, 1.82) is 0 Å². The Balaban J connectivity index is 1.91. The van der Waals surface area contributed by atoms with Gasteiger partial charge in [-0.2, -0.15) is 0 Å². The van der Waals surface area contributed by atoms with Crippen LogP contribution in [0.1, 0.15) is 90.8 Å². The average molecular weight is 500 g/mol. The molecule has 6 heteroatoms. The number of allylic oxidation sites excluding steroid dienone is 1. The Kier molecular flexibility index (Phi) is 9.16. The number of pyridine rings is 1. The van der Waals surface area contributed by atoms with Crippen molar-refractivity contribution in [1.82, 2.24) is 4.98 Å². The van der Waals surface area contributed by atoms with E-state index in [-0.39, 0.29) is 42.0 Å². The molecule has 1 saturated carbocycles. The SMILES string of the molecule is C/C1=C/[C@@H]2CC(c3ccc(C)cn3)C(C)[C@H]2OC(=O)C[C@H](O)C(C)(C)C(=O)[C@H](C)[C@@H](O)[C@@H](C)CCC1. The summed E-state index contributed by atoms with van der Waals surface area (Å²) in [5.41, 5.74) is 2.18. The lowest BCUT2D eigenvalue weighted by molar-refractivity contribution is -0.158. The molecule has 2 N–H and O–H groups in total. The normalized spacial score (nSPS) is 38.1. The molecule has 1 aromatic rings. The van der Waals surface area contributed by atoms with Gasteiger partial charge in [0, 0.05) is 35.6 Å². The second-order valence-electron chi connectivity index (χ2n) is 12.0. The molecule has 200 valence electrons. The zero-order chi connectivity index (χ0) is 26.8. The van der Waals surface area contributed by atoms with E-state index in [1.165, 1.54) is 5.57 Å². The molecule has 0 spiro atoms. The third-order valence-electron chi connectivity index (χ3n) is 8.75. The van der Waals surface area contributed by atoms with Crippen molar-refractivity contribution < 1.29 is 24.5 Å². The standard InChI is InChI=1S/C30H45NO5/c1-17-9-8-10-19(3)27(34)21(5)29(35)30(6,7)25(32)15-26(33)36-28-20(4)23(14-22(28)13-17)24-12-11-18(2)16-31-24/h11-13,16,19-23,25,27-28,32,34H,8-10,14-15H2,1-7H3/b17-13-/t19-,20?,21+,22+,23?,25-,27-,28+/m0/s1. The van der Waals surface area contributed by atoms with Crippen LogP contribution in [-0.2, 0) is 14.3 Å². The molecule has 0 bridgehead atoms. The van der Waals surface area contributed by atoms with Gasteiger partial charge in [-0.15, -0.1) is 0 Å². The van der Waals surface area contributed by atoms with E-state index in [2.05, 4.69) is 37.0 Å². The highest BCUT2D eigenvalue weighted by atomic mass is 16.5. The summed E-state index contributed by atoms with van der Waals surface area (Å²) in [5, 5.41) is 21.8. The Labute approximate surface area is 216 Å². The van der Waals surface area contributed by atoms with Crippen LogP contribution < -0.4 is 0 Å². The van der Waals surface area contributed by atoms with Gasteiger partial charge in [-0.3, -0.25) is 14.6 Å². The molecule has 0 aromatic carbocycles. The second-order valence-corrected chi connectivity index (χ2v) is 12.0. The van der Waals surface area contributed by atoms with Crippen molar-refractivity contribution in [3.63, 3.8) is 0 Å². The summed E-state index contributed by atoms with van der Waals surface area (Å²) in [5.74, 6) is -1.12. The number of ether oxygens (including phenoxy) is 1. The number of Topliss-reactive ketones (excluding diaryl/α,β-unsaturated/α-hetero) is 1. The van der Waals surface area contributed by atoms with Gasteiger partial charge in [0.15, 0.2) is 0 Å². The quantitative estimate of drug-likeness (QED) is 0.410. The number of nitrogens with zero attached hydrogens (tertiary/aromatic N) is 1. The molecular weight excluding hydrogens is 454 g/mol. The zero-order valence-electron chi connectivity index (χ0n) is 23.0. The van der Waals surface area contributed by atoms with Gasteiger partial charge in [0.05, 0.1) is 24.0 Å². The molecule has 0 amide bonds. The van der Waals surface area contributed by atoms with Crippen LogP contribution in [0.3, 0.4) is 0 Å². The number of fused-ring (bicyclic) bond motifs is 1. The Morgan fingerprint density at radius 2 is 1.78 bits per heavy atom. The molecule has 1 aliphatic carbocycles. The van der Waals surface area contributed by atoms with Crippen LogP contribution in [0.25, 0.3) is 0 Å². The lowest BCUT2D eigenvalue weighted by Crippen LogP contribution is -2.45. The Hall–Kier alpha value is -2.05.